The predicted octanol–water partition coefficient (Wildman–Crippen LogP) is 4.30. The third kappa shape index (κ3) is 3.67. The lowest BCUT2D eigenvalue weighted by atomic mass is 9.93. The topological polar surface area (TPSA) is 67.9 Å². The average Bonchev–Trinajstić information content (AvgIpc) is 3.58. The molecule has 0 aromatic heterocycles. The maximum atomic E-state index is 13.3. The quantitative estimate of drug-likeness (QED) is 0.708. The molecule has 1 aliphatic carbocycles. The first-order chi connectivity index (χ1) is 14.8. The summed E-state index contributed by atoms with van der Waals surface area (Å²) in [6.45, 7) is 8.16. The lowest BCUT2D eigenvalue weighted by Crippen LogP contribution is -2.42. The number of hydrogen-bond donors (Lipinski definition) is 1. The lowest BCUT2D eigenvalue weighted by Gasteiger charge is -2.27. The van der Waals surface area contributed by atoms with Gasteiger partial charge in [-0.25, -0.2) is 0 Å². The SMILES string of the molecule is C=CCN1C(=O)C(C)(C)COc2ccc(NC(=O)C3(c4ccccc4OC)CC3)cc21. The van der Waals surface area contributed by atoms with E-state index in [4.69, 9.17) is 9.47 Å². The molecule has 6 heteroatoms. The van der Waals surface area contributed by atoms with Crippen molar-refractivity contribution in [3.8, 4) is 11.5 Å². The highest BCUT2D eigenvalue weighted by Gasteiger charge is 2.53. The number of anilines is 2. The van der Waals surface area contributed by atoms with E-state index in [1.54, 1.807) is 30.2 Å². The van der Waals surface area contributed by atoms with E-state index in [1.807, 2.05) is 44.2 Å². The van der Waals surface area contributed by atoms with Gasteiger partial charge in [0.05, 0.1) is 23.6 Å². The number of hydrogen-bond acceptors (Lipinski definition) is 4. The van der Waals surface area contributed by atoms with Gasteiger partial charge in [-0.3, -0.25) is 9.59 Å². The van der Waals surface area contributed by atoms with E-state index >= 15 is 0 Å². The second-order valence-electron chi connectivity index (χ2n) is 8.80. The predicted molar refractivity (Wildman–Crippen MR) is 121 cm³/mol. The van der Waals surface area contributed by atoms with Crippen LogP contribution in [-0.4, -0.2) is 32.1 Å². The molecule has 1 aliphatic heterocycles. The first-order valence-corrected chi connectivity index (χ1v) is 10.5. The molecule has 0 radical (unpaired) electrons. The standard InChI is InChI=1S/C25H28N2O4/c1-5-14-27-19-15-17(10-11-21(19)31-16-24(2,3)23(27)29)26-22(28)25(12-13-25)18-8-6-7-9-20(18)30-4/h5-11,15H,1,12-14,16H2,2-4H3,(H,26,28). The van der Waals surface area contributed by atoms with Crippen LogP contribution in [0.5, 0.6) is 11.5 Å². The van der Waals surface area contributed by atoms with Gasteiger partial charge in [-0.1, -0.05) is 24.3 Å². The largest absolute Gasteiger partial charge is 0.496 e. The molecular formula is C25H28N2O4. The van der Waals surface area contributed by atoms with Crippen molar-refractivity contribution in [2.24, 2.45) is 5.41 Å². The summed E-state index contributed by atoms with van der Waals surface area (Å²) in [5, 5.41) is 3.05. The molecule has 4 rings (SSSR count). The van der Waals surface area contributed by atoms with Gasteiger partial charge in [0.15, 0.2) is 0 Å². The van der Waals surface area contributed by atoms with E-state index < -0.39 is 10.8 Å². The Balaban J connectivity index is 1.64. The summed E-state index contributed by atoms with van der Waals surface area (Å²) in [6, 6.07) is 13.1. The van der Waals surface area contributed by atoms with Crippen LogP contribution in [0.4, 0.5) is 11.4 Å². The molecule has 2 amide bonds. The van der Waals surface area contributed by atoms with Gasteiger partial charge in [0.1, 0.15) is 18.1 Å². The normalized spacial score (nSPS) is 18.3. The van der Waals surface area contributed by atoms with E-state index in [9.17, 15) is 9.59 Å². The fourth-order valence-corrected chi connectivity index (χ4v) is 4.07. The molecule has 6 nitrogen and oxygen atoms in total. The van der Waals surface area contributed by atoms with Crippen molar-refractivity contribution in [1.82, 2.24) is 0 Å². The van der Waals surface area contributed by atoms with Crippen LogP contribution in [0.3, 0.4) is 0 Å². The summed E-state index contributed by atoms with van der Waals surface area (Å²) < 4.78 is 11.4. The highest BCUT2D eigenvalue weighted by Crippen LogP contribution is 2.52. The molecule has 0 atom stereocenters. The van der Waals surface area contributed by atoms with Crippen LogP contribution in [0.2, 0.25) is 0 Å². The molecule has 0 unspecified atom stereocenters. The van der Waals surface area contributed by atoms with Crippen LogP contribution >= 0.6 is 0 Å². The number of benzene rings is 2. The summed E-state index contributed by atoms with van der Waals surface area (Å²) in [4.78, 5) is 28.0. The minimum absolute atomic E-state index is 0.0395. The Morgan fingerprint density at radius 3 is 2.68 bits per heavy atom. The fraction of sp³-hybridized carbons (Fsp3) is 0.360. The van der Waals surface area contributed by atoms with Crippen molar-refractivity contribution < 1.29 is 19.1 Å². The van der Waals surface area contributed by atoms with Crippen LogP contribution in [0.25, 0.3) is 0 Å². The number of carbonyl (C=O) groups is 2. The molecule has 0 spiro atoms. The second-order valence-corrected chi connectivity index (χ2v) is 8.80. The lowest BCUT2D eigenvalue weighted by molar-refractivity contribution is -0.127. The monoisotopic (exact) mass is 420 g/mol. The van der Waals surface area contributed by atoms with E-state index in [0.717, 1.165) is 24.2 Å². The van der Waals surface area contributed by atoms with Gasteiger partial charge < -0.3 is 19.7 Å². The van der Waals surface area contributed by atoms with Crippen molar-refractivity contribution in [2.45, 2.75) is 32.1 Å². The van der Waals surface area contributed by atoms with Gasteiger partial charge in [-0.2, -0.15) is 0 Å². The van der Waals surface area contributed by atoms with E-state index in [0.29, 0.717) is 23.7 Å². The molecule has 162 valence electrons. The number of methoxy groups -OCH3 is 1. The van der Waals surface area contributed by atoms with Crippen LogP contribution in [0, 0.1) is 5.41 Å². The zero-order chi connectivity index (χ0) is 22.2. The minimum atomic E-state index is -0.659. The van der Waals surface area contributed by atoms with Gasteiger partial charge in [0.25, 0.3) is 0 Å². The Labute approximate surface area is 182 Å². The van der Waals surface area contributed by atoms with Gasteiger partial charge in [0, 0.05) is 17.8 Å². The minimum Gasteiger partial charge on any atom is -0.496 e. The number of amides is 2. The summed E-state index contributed by atoms with van der Waals surface area (Å²) in [5.41, 5.74) is 0.908. The van der Waals surface area contributed by atoms with Crippen molar-refractivity contribution in [3.63, 3.8) is 0 Å². The molecule has 2 aromatic carbocycles. The van der Waals surface area contributed by atoms with E-state index in [-0.39, 0.29) is 18.4 Å². The number of carbonyl (C=O) groups excluding carboxylic acids is 2. The van der Waals surface area contributed by atoms with Crippen LogP contribution in [0.15, 0.2) is 55.1 Å². The van der Waals surface area contributed by atoms with Crippen LogP contribution in [-0.2, 0) is 15.0 Å². The highest BCUT2D eigenvalue weighted by atomic mass is 16.5. The first-order valence-electron chi connectivity index (χ1n) is 10.5. The molecule has 1 saturated carbocycles. The van der Waals surface area contributed by atoms with Gasteiger partial charge >= 0.3 is 0 Å². The van der Waals surface area contributed by atoms with E-state index in [1.165, 1.54) is 0 Å². The van der Waals surface area contributed by atoms with Crippen molar-refractivity contribution in [1.29, 1.82) is 0 Å². The third-order valence-electron chi connectivity index (χ3n) is 6.04. The fourth-order valence-electron chi connectivity index (χ4n) is 4.07. The summed E-state index contributed by atoms with van der Waals surface area (Å²) in [6.07, 6.45) is 3.22. The number of nitrogens with one attached hydrogen (secondary N) is 1. The zero-order valence-corrected chi connectivity index (χ0v) is 18.2. The molecule has 2 aromatic rings. The molecule has 1 N–H and O–H groups in total. The summed E-state index contributed by atoms with van der Waals surface area (Å²) >= 11 is 0. The number of para-hydroxylation sites is 1. The number of fused-ring (bicyclic) bond motifs is 1. The average molecular weight is 421 g/mol. The third-order valence-corrected chi connectivity index (χ3v) is 6.04. The highest BCUT2D eigenvalue weighted by molar-refractivity contribution is 6.04. The molecule has 2 aliphatic rings. The smallest absolute Gasteiger partial charge is 0.236 e. The zero-order valence-electron chi connectivity index (χ0n) is 18.2. The van der Waals surface area contributed by atoms with Gasteiger partial charge in [0.2, 0.25) is 11.8 Å². The van der Waals surface area contributed by atoms with Crippen molar-refractivity contribution in [3.05, 3.63) is 60.7 Å². The Kier molecular flexibility index (Phi) is 5.25. The van der Waals surface area contributed by atoms with Crippen LogP contribution < -0.4 is 19.7 Å². The molecule has 0 bridgehead atoms. The second kappa shape index (κ2) is 7.76. The summed E-state index contributed by atoms with van der Waals surface area (Å²) in [7, 11) is 1.62. The molecule has 31 heavy (non-hydrogen) atoms. The Morgan fingerprint density at radius 1 is 1.26 bits per heavy atom. The van der Waals surface area contributed by atoms with Crippen LogP contribution in [0.1, 0.15) is 32.3 Å². The number of nitrogens with zero attached hydrogens (tertiary/aromatic N) is 1. The number of rotatable bonds is 6. The number of ether oxygens (including phenoxy) is 2. The Hall–Kier alpha value is -3.28. The Bertz CT molecular complexity index is 1040. The van der Waals surface area contributed by atoms with E-state index in [2.05, 4.69) is 11.9 Å². The first kappa shape index (κ1) is 21.0. The van der Waals surface area contributed by atoms with Crippen molar-refractivity contribution >= 4 is 23.2 Å². The molecule has 0 saturated heterocycles. The van der Waals surface area contributed by atoms with Crippen molar-refractivity contribution in [2.75, 3.05) is 30.5 Å². The molecule has 1 heterocycles. The summed E-state index contributed by atoms with van der Waals surface area (Å²) in [5.74, 6) is 1.22. The van der Waals surface area contributed by atoms with Gasteiger partial charge in [-0.05, 0) is 51.0 Å². The maximum Gasteiger partial charge on any atom is 0.236 e. The maximum absolute atomic E-state index is 13.3. The van der Waals surface area contributed by atoms with Gasteiger partial charge in [-0.15, -0.1) is 6.58 Å². The molecule has 1 fully saturated rings. The Morgan fingerprint density at radius 2 is 2.00 bits per heavy atom. The molecular weight excluding hydrogens is 392 g/mol.